The Balaban J connectivity index is 0.000000320. The Morgan fingerprint density at radius 3 is 2.50 bits per heavy atom. The van der Waals surface area contributed by atoms with Gasteiger partial charge in [-0.2, -0.15) is 0 Å². The second-order valence-corrected chi connectivity index (χ2v) is 2.36. The van der Waals surface area contributed by atoms with Gasteiger partial charge in [-0.3, -0.25) is 0 Å². The van der Waals surface area contributed by atoms with Gasteiger partial charge in [-0.25, -0.2) is 0 Å². The monoisotopic (exact) mass is 104 g/mol. The van der Waals surface area contributed by atoms with Gasteiger partial charge >= 0.3 is 18.9 Å². The summed E-state index contributed by atoms with van der Waals surface area (Å²) < 4.78 is 0. The molecular weight excluding hydrogens is 95.0 g/mol. The van der Waals surface area contributed by atoms with Crippen LogP contribution in [-0.4, -0.2) is 25.2 Å². The Labute approximate surface area is 61.6 Å². The topological polar surface area (TPSA) is 26.1 Å². The first-order chi connectivity index (χ1) is 3.45. The Morgan fingerprint density at radius 2 is 2.38 bits per heavy atom. The van der Waals surface area contributed by atoms with Crippen molar-refractivity contribution in [1.82, 2.24) is 5.32 Å². The van der Waals surface area contributed by atoms with E-state index >= 15 is 0 Å². The zero-order valence-electron chi connectivity index (χ0n) is 5.22. The molecule has 2 rings (SSSR count). The summed E-state index contributed by atoms with van der Waals surface area (Å²) in [4.78, 5) is 0. The predicted octanol–water partition coefficient (Wildman–Crippen LogP) is -2.89. The summed E-state index contributed by atoms with van der Waals surface area (Å²) in [6, 6.07) is 1.44. The molecule has 0 saturated carbocycles. The smallest absolute Gasteiger partial charge is 0.657 e. The van der Waals surface area contributed by atoms with Crippen LogP contribution in [0.5, 0.6) is 0 Å². The Morgan fingerprint density at radius 1 is 1.50 bits per heavy atom. The second kappa shape index (κ2) is 2.41. The van der Waals surface area contributed by atoms with Crippen molar-refractivity contribution in [1.29, 1.82) is 0 Å². The zero-order chi connectivity index (χ0) is 4.69. The van der Waals surface area contributed by atoms with Crippen LogP contribution in [0.25, 0.3) is 5.32 Å². The number of hydrogen-bond donors (Lipinski definition) is 1. The van der Waals surface area contributed by atoms with E-state index in [1.54, 1.807) is 0 Å². The summed E-state index contributed by atoms with van der Waals surface area (Å²) in [5, 5.41) is 7.70. The van der Waals surface area contributed by atoms with Crippen LogP contribution in [0.3, 0.4) is 0 Å². The molecule has 2 atom stereocenters. The number of piperazine rings is 1. The van der Waals surface area contributed by atoms with E-state index in [0.29, 0.717) is 6.04 Å². The molecular formula is C5H9LiN2. The van der Waals surface area contributed by atoms with Crippen molar-refractivity contribution >= 4 is 0 Å². The van der Waals surface area contributed by atoms with Gasteiger partial charge < -0.3 is 10.6 Å². The molecule has 0 aliphatic carbocycles. The van der Waals surface area contributed by atoms with Crippen LogP contribution in [0.15, 0.2) is 0 Å². The van der Waals surface area contributed by atoms with Crippen molar-refractivity contribution < 1.29 is 18.9 Å². The van der Waals surface area contributed by atoms with E-state index < -0.39 is 0 Å². The van der Waals surface area contributed by atoms with Gasteiger partial charge in [-0.05, 0) is 12.6 Å². The SMILES string of the molecule is C1NC2C[N-]C1C2.[Li+]. The van der Waals surface area contributed by atoms with Crippen LogP contribution in [0.1, 0.15) is 6.42 Å². The Hall–Kier alpha value is 0.517. The predicted molar refractivity (Wildman–Crippen MR) is 28.4 cm³/mol. The van der Waals surface area contributed by atoms with Crippen molar-refractivity contribution in [2.75, 3.05) is 13.1 Å². The molecule has 0 aromatic rings. The molecule has 2 unspecified atom stereocenters. The Kier molecular flexibility index (Phi) is 2.00. The van der Waals surface area contributed by atoms with Crippen LogP contribution >= 0.6 is 0 Å². The molecule has 40 valence electrons. The molecule has 2 saturated heterocycles. The first-order valence-corrected chi connectivity index (χ1v) is 2.85. The molecule has 0 aromatic heterocycles. The van der Waals surface area contributed by atoms with Gasteiger partial charge in [0.1, 0.15) is 0 Å². The molecule has 2 nitrogen and oxygen atoms in total. The van der Waals surface area contributed by atoms with E-state index in [0.717, 1.165) is 19.1 Å². The molecule has 2 bridgehead atoms. The minimum Gasteiger partial charge on any atom is -0.657 e. The van der Waals surface area contributed by atoms with Crippen molar-refractivity contribution in [3.63, 3.8) is 0 Å². The summed E-state index contributed by atoms with van der Waals surface area (Å²) in [5.74, 6) is 0. The summed E-state index contributed by atoms with van der Waals surface area (Å²) in [6.45, 7) is 2.22. The fourth-order valence-corrected chi connectivity index (χ4v) is 1.35. The number of hydrogen-bond acceptors (Lipinski definition) is 1. The maximum Gasteiger partial charge on any atom is 1.00 e. The number of nitrogens with zero attached hydrogens (tertiary/aromatic N) is 1. The van der Waals surface area contributed by atoms with Gasteiger partial charge in [0.15, 0.2) is 0 Å². The molecule has 2 aliphatic heterocycles. The number of rotatable bonds is 0. The first-order valence-electron chi connectivity index (χ1n) is 2.85. The van der Waals surface area contributed by atoms with Crippen molar-refractivity contribution in [2.24, 2.45) is 0 Å². The maximum atomic E-state index is 4.34. The van der Waals surface area contributed by atoms with Gasteiger partial charge in [0.25, 0.3) is 0 Å². The normalized spacial score (nSPS) is 42.0. The van der Waals surface area contributed by atoms with Crippen LogP contribution in [0, 0.1) is 0 Å². The molecule has 0 spiro atoms. The molecule has 0 aromatic carbocycles. The van der Waals surface area contributed by atoms with Crippen LogP contribution < -0.4 is 24.2 Å². The third-order valence-corrected chi connectivity index (χ3v) is 1.78. The molecule has 3 heteroatoms. The van der Waals surface area contributed by atoms with E-state index in [9.17, 15) is 0 Å². The third kappa shape index (κ3) is 0.941. The van der Waals surface area contributed by atoms with Crippen LogP contribution in [-0.2, 0) is 0 Å². The first kappa shape index (κ1) is 6.63. The molecule has 8 heavy (non-hydrogen) atoms. The molecule has 0 amide bonds. The van der Waals surface area contributed by atoms with E-state index in [1.165, 1.54) is 6.42 Å². The number of nitrogens with one attached hydrogen (secondary N) is 1. The fourth-order valence-electron chi connectivity index (χ4n) is 1.35. The minimum atomic E-state index is 0. The molecule has 2 aliphatic rings. The van der Waals surface area contributed by atoms with Gasteiger partial charge in [0.2, 0.25) is 0 Å². The van der Waals surface area contributed by atoms with E-state index in [2.05, 4.69) is 10.6 Å². The maximum absolute atomic E-state index is 4.34. The van der Waals surface area contributed by atoms with Gasteiger partial charge in [-0.15, -0.1) is 12.6 Å². The van der Waals surface area contributed by atoms with Crippen molar-refractivity contribution in [3.05, 3.63) is 5.32 Å². The standard InChI is InChI=1S/C5H9N2.Li/c1-4-2-6-5(1)3-7-4;/h4-6H,1-3H2;/q-1;+1. The molecule has 2 heterocycles. The zero-order valence-corrected chi connectivity index (χ0v) is 5.22. The summed E-state index contributed by atoms with van der Waals surface area (Å²) in [7, 11) is 0. The van der Waals surface area contributed by atoms with Crippen LogP contribution in [0.4, 0.5) is 0 Å². The van der Waals surface area contributed by atoms with E-state index in [-0.39, 0.29) is 18.9 Å². The molecule has 0 radical (unpaired) electrons. The van der Waals surface area contributed by atoms with Gasteiger partial charge in [0.05, 0.1) is 0 Å². The quantitative estimate of drug-likeness (QED) is 0.328. The van der Waals surface area contributed by atoms with E-state index in [4.69, 9.17) is 0 Å². The average molecular weight is 104 g/mol. The van der Waals surface area contributed by atoms with Gasteiger partial charge in [0, 0.05) is 0 Å². The molecule has 1 N–H and O–H groups in total. The van der Waals surface area contributed by atoms with Crippen LogP contribution in [0.2, 0.25) is 0 Å². The minimum absolute atomic E-state index is 0. The largest absolute Gasteiger partial charge is 1.00 e. The summed E-state index contributed by atoms with van der Waals surface area (Å²) in [6.07, 6.45) is 1.31. The fraction of sp³-hybridized carbons (Fsp3) is 1.00. The second-order valence-electron chi connectivity index (χ2n) is 2.36. The third-order valence-electron chi connectivity index (χ3n) is 1.78. The van der Waals surface area contributed by atoms with Crippen molar-refractivity contribution in [3.8, 4) is 0 Å². The summed E-state index contributed by atoms with van der Waals surface area (Å²) >= 11 is 0. The van der Waals surface area contributed by atoms with E-state index in [1.807, 2.05) is 0 Å². The average Bonchev–Trinajstić information content (AvgIpc) is 2.22. The molecule has 2 fully saturated rings. The summed E-state index contributed by atoms with van der Waals surface area (Å²) in [5.41, 5.74) is 0. The number of fused-ring (bicyclic) bond motifs is 2. The van der Waals surface area contributed by atoms with Gasteiger partial charge in [-0.1, -0.05) is 6.42 Å². The Bertz CT molecular complexity index is 68.5. The van der Waals surface area contributed by atoms with Crippen molar-refractivity contribution in [2.45, 2.75) is 18.5 Å².